The molecule has 3 aromatic heterocycles. The van der Waals surface area contributed by atoms with Crippen LogP contribution in [0, 0.1) is 0 Å². The fourth-order valence-electron chi connectivity index (χ4n) is 2.49. The topological polar surface area (TPSA) is 57.0 Å². The first kappa shape index (κ1) is 17.3. The van der Waals surface area contributed by atoms with Gasteiger partial charge in [0.1, 0.15) is 5.76 Å². The van der Waals surface area contributed by atoms with Crippen molar-refractivity contribution in [1.82, 2.24) is 14.8 Å². The second kappa shape index (κ2) is 7.61. The van der Waals surface area contributed by atoms with Crippen LogP contribution in [0.1, 0.15) is 11.3 Å². The van der Waals surface area contributed by atoms with Gasteiger partial charge >= 0.3 is 0 Å². The summed E-state index contributed by atoms with van der Waals surface area (Å²) in [6.07, 6.45) is 3.25. The lowest BCUT2D eigenvalue weighted by Crippen LogP contribution is -2.03. The first-order chi connectivity index (χ1) is 12.7. The van der Waals surface area contributed by atoms with Gasteiger partial charge in [-0.25, -0.2) is 0 Å². The molecule has 26 heavy (non-hydrogen) atoms. The van der Waals surface area contributed by atoms with Crippen molar-refractivity contribution in [2.24, 2.45) is 0 Å². The van der Waals surface area contributed by atoms with E-state index in [4.69, 9.17) is 32.0 Å². The van der Waals surface area contributed by atoms with Gasteiger partial charge in [0.05, 0.1) is 19.1 Å². The van der Waals surface area contributed by atoms with Gasteiger partial charge in [0, 0.05) is 15.8 Å². The molecule has 0 N–H and O–H groups in total. The number of hydrogen-bond donors (Lipinski definition) is 0. The highest BCUT2D eigenvalue weighted by Crippen LogP contribution is 2.32. The van der Waals surface area contributed by atoms with Crippen LogP contribution in [-0.4, -0.2) is 14.8 Å². The van der Waals surface area contributed by atoms with Crippen molar-refractivity contribution in [1.29, 1.82) is 0 Å². The molecule has 0 amide bonds. The van der Waals surface area contributed by atoms with E-state index >= 15 is 0 Å². The smallest absolute Gasteiger partial charge is 0.200 e. The van der Waals surface area contributed by atoms with Crippen LogP contribution in [0.3, 0.4) is 0 Å². The van der Waals surface area contributed by atoms with Crippen molar-refractivity contribution in [2.75, 3.05) is 0 Å². The quantitative estimate of drug-likeness (QED) is 0.380. The lowest BCUT2D eigenvalue weighted by molar-refractivity contribution is 0.482. The highest BCUT2D eigenvalue weighted by atomic mass is 35.5. The van der Waals surface area contributed by atoms with E-state index < -0.39 is 0 Å². The summed E-state index contributed by atoms with van der Waals surface area (Å²) in [7, 11) is 0. The molecule has 5 nitrogen and oxygen atoms in total. The van der Waals surface area contributed by atoms with Crippen LogP contribution < -0.4 is 0 Å². The first-order valence-electron chi connectivity index (χ1n) is 7.77. The zero-order chi connectivity index (χ0) is 17.9. The number of aromatic nitrogens is 3. The first-order valence-corrected chi connectivity index (χ1v) is 9.51. The van der Waals surface area contributed by atoms with Gasteiger partial charge in [0.25, 0.3) is 0 Å². The molecule has 3 heterocycles. The standard InChI is InChI=1S/C18H13Cl2N3O2S/c19-14-5-1-6-15(20)13(14)11-26-18-22-21-17(16-7-3-9-25-16)23(18)10-12-4-2-8-24-12/h1-9H,10-11H2. The van der Waals surface area contributed by atoms with Gasteiger partial charge in [-0.15, -0.1) is 10.2 Å². The Morgan fingerprint density at radius 3 is 2.38 bits per heavy atom. The van der Waals surface area contributed by atoms with E-state index in [1.807, 2.05) is 47.0 Å². The highest BCUT2D eigenvalue weighted by molar-refractivity contribution is 7.98. The molecule has 4 rings (SSSR count). The molecule has 0 unspecified atom stereocenters. The van der Waals surface area contributed by atoms with E-state index in [0.29, 0.717) is 33.9 Å². The van der Waals surface area contributed by atoms with Crippen molar-refractivity contribution >= 4 is 35.0 Å². The Morgan fingerprint density at radius 1 is 0.923 bits per heavy atom. The SMILES string of the molecule is Clc1cccc(Cl)c1CSc1nnc(-c2ccco2)n1Cc1ccco1. The van der Waals surface area contributed by atoms with E-state index in [2.05, 4.69) is 10.2 Å². The predicted molar refractivity (Wildman–Crippen MR) is 102 cm³/mol. The molecular weight excluding hydrogens is 393 g/mol. The maximum absolute atomic E-state index is 6.27. The second-order valence-corrected chi connectivity index (χ2v) is 7.19. The van der Waals surface area contributed by atoms with E-state index in [9.17, 15) is 0 Å². The van der Waals surface area contributed by atoms with Gasteiger partial charge in [-0.3, -0.25) is 4.57 Å². The van der Waals surface area contributed by atoms with Crippen molar-refractivity contribution in [2.45, 2.75) is 17.5 Å². The van der Waals surface area contributed by atoms with Gasteiger partial charge < -0.3 is 8.83 Å². The minimum atomic E-state index is 0.495. The maximum atomic E-state index is 6.27. The number of rotatable bonds is 6. The number of thioether (sulfide) groups is 1. The van der Waals surface area contributed by atoms with Crippen molar-refractivity contribution in [3.05, 3.63) is 76.4 Å². The molecule has 0 radical (unpaired) electrons. The molecule has 0 fully saturated rings. The number of furan rings is 2. The summed E-state index contributed by atoms with van der Waals surface area (Å²) in [5, 5.41) is 10.6. The molecule has 8 heteroatoms. The minimum absolute atomic E-state index is 0.495. The van der Waals surface area contributed by atoms with Crippen molar-refractivity contribution in [3.63, 3.8) is 0 Å². The molecule has 0 atom stereocenters. The van der Waals surface area contributed by atoms with Crippen LogP contribution in [0.25, 0.3) is 11.6 Å². The van der Waals surface area contributed by atoms with Crippen LogP contribution in [-0.2, 0) is 12.3 Å². The Labute approximate surface area is 163 Å². The Kier molecular flexibility index (Phi) is 5.06. The number of benzene rings is 1. The third-order valence-corrected chi connectivity index (χ3v) is 5.46. The summed E-state index contributed by atoms with van der Waals surface area (Å²) in [5.74, 6) is 2.66. The average Bonchev–Trinajstić information content (AvgIpc) is 3.37. The fraction of sp³-hybridized carbons (Fsp3) is 0.111. The zero-order valence-corrected chi connectivity index (χ0v) is 15.8. The monoisotopic (exact) mass is 405 g/mol. The minimum Gasteiger partial charge on any atom is -0.467 e. The van der Waals surface area contributed by atoms with Crippen LogP contribution in [0.4, 0.5) is 0 Å². The molecule has 132 valence electrons. The average molecular weight is 406 g/mol. The molecule has 4 aromatic rings. The fourth-order valence-corrected chi connectivity index (χ4v) is 4.17. The zero-order valence-electron chi connectivity index (χ0n) is 13.4. The van der Waals surface area contributed by atoms with Crippen molar-refractivity contribution < 1.29 is 8.83 Å². The lowest BCUT2D eigenvalue weighted by atomic mass is 10.2. The Balaban J connectivity index is 1.65. The Bertz CT molecular complexity index is 978. The summed E-state index contributed by atoms with van der Waals surface area (Å²) < 4.78 is 12.9. The molecule has 0 aliphatic rings. The maximum Gasteiger partial charge on any atom is 0.200 e. The van der Waals surface area contributed by atoms with Gasteiger partial charge in [0.2, 0.25) is 5.82 Å². The molecule has 1 aromatic carbocycles. The number of halogens is 2. The Hall–Kier alpha value is -2.15. The van der Waals surface area contributed by atoms with E-state index in [0.717, 1.165) is 16.5 Å². The summed E-state index contributed by atoms with van der Waals surface area (Å²) in [5.41, 5.74) is 0.868. The van der Waals surface area contributed by atoms with Gasteiger partial charge in [0.15, 0.2) is 10.9 Å². The van der Waals surface area contributed by atoms with Crippen LogP contribution in [0.2, 0.25) is 10.0 Å². The third kappa shape index (κ3) is 3.53. The number of nitrogens with zero attached hydrogens (tertiary/aromatic N) is 3. The summed E-state index contributed by atoms with van der Waals surface area (Å²) in [6.45, 7) is 0.495. The number of hydrogen-bond acceptors (Lipinski definition) is 5. The van der Waals surface area contributed by atoms with Gasteiger partial charge in [-0.2, -0.15) is 0 Å². The summed E-state index contributed by atoms with van der Waals surface area (Å²) in [4.78, 5) is 0. The third-order valence-electron chi connectivity index (χ3n) is 3.76. The Morgan fingerprint density at radius 2 is 1.69 bits per heavy atom. The van der Waals surface area contributed by atoms with Crippen LogP contribution >= 0.6 is 35.0 Å². The summed E-state index contributed by atoms with van der Waals surface area (Å²) in [6, 6.07) is 12.9. The van der Waals surface area contributed by atoms with E-state index in [-0.39, 0.29) is 0 Å². The molecule has 0 saturated carbocycles. The molecule has 0 aliphatic carbocycles. The lowest BCUT2D eigenvalue weighted by Gasteiger charge is -2.09. The van der Waals surface area contributed by atoms with Crippen LogP contribution in [0.5, 0.6) is 0 Å². The van der Waals surface area contributed by atoms with Gasteiger partial charge in [-0.05, 0) is 42.0 Å². The normalized spacial score (nSPS) is 11.2. The largest absolute Gasteiger partial charge is 0.467 e. The molecular formula is C18H13Cl2N3O2S. The van der Waals surface area contributed by atoms with E-state index in [1.54, 1.807) is 12.5 Å². The molecule has 0 aliphatic heterocycles. The highest BCUT2D eigenvalue weighted by Gasteiger charge is 2.18. The molecule has 0 bridgehead atoms. The summed E-state index contributed by atoms with van der Waals surface area (Å²) >= 11 is 14.0. The predicted octanol–water partition coefficient (Wildman–Crippen LogP) is 5.78. The van der Waals surface area contributed by atoms with E-state index in [1.165, 1.54) is 11.8 Å². The molecule has 0 saturated heterocycles. The van der Waals surface area contributed by atoms with Gasteiger partial charge in [-0.1, -0.05) is 41.0 Å². The van der Waals surface area contributed by atoms with Crippen LogP contribution in [0.15, 0.2) is 69.0 Å². The molecule has 0 spiro atoms. The van der Waals surface area contributed by atoms with Crippen molar-refractivity contribution in [3.8, 4) is 11.6 Å². The second-order valence-electron chi connectivity index (χ2n) is 5.44.